The van der Waals surface area contributed by atoms with Gasteiger partial charge in [0.25, 0.3) is 0 Å². The summed E-state index contributed by atoms with van der Waals surface area (Å²) in [5.41, 5.74) is 3.96. The van der Waals surface area contributed by atoms with Crippen LogP contribution in [0.1, 0.15) is 37.5 Å². The second-order valence-electron chi connectivity index (χ2n) is 6.07. The van der Waals surface area contributed by atoms with Crippen molar-refractivity contribution in [2.45, 2.75) is 58.3 Å². The van der Waals surface area contributed by atoms with Gasteiger partial charge in [0, 0.05) is 35.6 Å². The Labute approximate surface area is 129 Å². The van der Waals surface area contributed by atoms with Crippen LogP contribution in [0.5, 0.6) is 11.5 Å². The van der Waals surface area contributed by atoms with Crippen molar-refractivity contribution in [1.82, 2.24) is 5.32 Å². The summed E-state index contributed by atoms with van der Waals surface area (Å²) in [5.74, 6) is 2.15. The van der Waals surface area contributed by atoms with Crippen molar-refractivity contribution in [3.05, 3.63) is 21.2 Å². The highest BCUT2D eigenvalue weighted by Gasteiger charge is 2.34. The Morgan fingerprint density at radius 2 is 1.75 bits per heavy atom. The molecule has 0 bridgehead atoms. The van der Waals surface area contributed by atoms with Crippen molar-refractivity contribution in [3.63, 3.8) is 0 Å². The fourth-order valence-electron chi connectivity index (χ4n) is 3.17. The van der Waals surface area contributed by atoms with Gasteiger partial charge in [0.1, 0.15) is 23.7 Å². The Morgan fingerprint density at radius 1 is 1.15 bits per heavy atom. The van der Waals surface area contributed by atoms with Gasteiger partial charge < -0.3 is 14.8 Å². The smallest absolute Gasteiger partial charge is 0.138 e. The Morgan fingerprint density at radius 3 is 2.40 bits per heavy atom. The molecular weight excluding hydrogens is 318 g/mol. The molecule has 0 spiro atoms. The van der Waals surface area contributed by atoms with E-state index < -0.39 is 0 Å². The molecule has 3 atom stereocenters. The predicted molar refractivity (Wildman–Crippen MR) is 84.0 cm³/mol. The molecule has 4 heteroatoms. The molecule has 3 nitrogen and oxygen atoms in total. The molecule has 1 aromatic carbocycles. The number of hydrogen-bond acceptors (Lipinski definition) is 3. The van der Waals surface area contributed by atoms with E-state index in [1.807, 2.05) is 7.05 Å². The van der Waals surface area contributed by atoms with Crippen molar-refractivity contribution >= 4 is 15.9 Å². The number of rotatable bonds is 3. The molecule has 110 valence electrons. The SMILES string of the molecule is CNC(C)Cc1c2c(c(Br)c3c1OC(C)C3)OC(C)C2. The van der Waals surface area contributed by atoms with Crippen LogP contribution in [0.3, 0.4) is 0 Å². The Kier molecular flexibility index (Phi) is 3.71. The van der Waals surface area contributed by atoms with Gasteiger partial charge in [0.2, 0.25) is 0 Å². The third-order valence-corrected chi connectivity index (χ3v) is 5.11. The molecule has 0 amide bonds. The van der Waals surface area contributed by atoms with Gasteiger partial charge in [-0.1, -0.05) is 0 Å². The highest BCUT2D eigenvalue weighted by atomic mass is 79.9. The zero-order valence-corrected chi connectivity index (χ0v) is 14.1. The minimum Gasteiger partial charge on any atom is -0.490 e. The van der Waals surface area contributed by atoms with Crippen LogP contribution in [0.15, 0.2) is 4.47 Å². The van der Waals surface area contributed by atoms with Gasteiger partial charge in [-0.3, -0.25) is 0 Å². The summed E-state index contributed by atoms with van der Waals surface area (Å²) >= 11 is 3.74. The first-order chi connectivity index (χ1) is 9.51. The molecule has 0 aliphatic carbocycles. The van der Waals surface area contributed by atoms with Crippen molar-refractivity contribution in [2.24, 2.45) is 0 Å². The Hall–Kier alpha value is -0.740. The lowest BCUT2D eigenvalue weighted by molar-refractivity contribution is 0.251. The minimum atomic E-state index is 0.255. The summed E-state index contributed by atoms with van der Waals surface area (Å²) in [7, 11) is 2.01. The predicted octanol–water partition coefficient (Wildman–Crippen LogP) is 3.25. The van der Waals surface area contributed by atoms with Gasteiger partial charge in [-0.25, -0.2) is 0 Å². The van der Waals surface area contributed by atoms with Crippen molar-refractivity contribution in [1.29, 1.82) is 0 Å². The van der Waals surface area contributed by atoms with E-state index in [0.717, 1.165) is 35.2 Å². The van der Waals surface area contributed by atoms with E-state index in [1.165, 1.54) is 16.7 Å². The molecule has 20 heavy (non-hydrogen) atoms. The van der Waals surface area contributed by atoms with Crippen LogP contribution in [-0.4, -0.2) is 25.3 Å². The second kappa shape index (κ2) is 5.23. The van der Waals surface area contributed by atoms with Crippen LogP contribution in [0.2, 0.25) is 0 Å². The molecule has 1 N–H and O–H groups in total. The number of benzene rings is 1. The quantitative estimate of drug-likeness (QED) is 0.916. The van der Waals surface area contributed by atoms with E-state index in [9.17, 15) is 0 Å². The largest absolute Gasteiger partial charge is 0.490 e. The lowest BCUT2D eigenvalue weighted by atomic mass is 9.94. The normalized spacial score (nSPS) is 24.9. The first-order valence-electron chi connectivity index (χ1n) is 7.37. The first kappa shape index (κ1) is 14.2. The summed E-state index contributed by atoms with van der Waals surface area (Å²) in [6.07, 6.45) is 3.43. The van der Waals surface area contributed by atoms with Gasteiger partial charge >= 0.3 is 0 Å². The third-order valence-electron chi connectivity index (χ3n) is 4.28. The van der Waals surface area contributed by atoms with E-state index >= 15 is 0 Å². The van der Waals surface area contributed by atoms with Crippen LogP contribution in [0.4, 0.5) is 0 Å². The Balaban J connectivity index is 2.12. The second-order valence-corrected chi connectivity index (χ2v) is 6.86. The maximum atomic E-state index is 6.11. The molecule has 0 saturated heterocycles. The number of halogens is 1. The van der Waals surface area contributed by atoms with E-state index in [4.69, 9.17) is 9.47 Å². The molecule has 1 aromatic rings. The number of hydrogen-bond donors (Lipinski definition) is 1. The van der Waals surface area contributed by atoms with Crippen LogP contribution < -0.4 is 14.8 Å². The van der Waals surface area contributed by atoms with E-state index in [2.05, 4.69) is 42.0 Å². The van der Waals surface area contributed by atoms with Crippen molar-refractivity contribution < 1.29 is 9.47 Å². The van der Waals surface area contributed by atoms with Gasteiger partial charge in [0.15, 0.2) is 0 Å². The Bertz CT molecular complexity index is 505. The number of fused-ring (bicyclic) bond motifs is 2. The average molecular weight is 340 g/mol. The maximum Gasteiger partial charge on any atom is 0.138 e. The molecule has 0 aromatic heterocycles. The highest BCUT2D eigenvalue weighted by Crippen LogP contribution is 2.49. The molecule has 0 radical (unpaired) electrons. The van der Waals surface area contributed by atoms with Crippen molar-refractivity contribution in [2.75, 3.05) is 7.05 Å². The summed E-state index contributed by atoms with van der Waals surface area (Å²) in [4.78, 5) is 0. The molecule has 3 rings (SSSR count). The van der Waals surface area contributed by atoms with E-state index in [-0.39, 0.29) is 12.2 Å². The third kappa shape index (κ3) is 2.23. The van der Waals surface area contributed by atoms with Crippen LogP contribution >= 0.6 is 15.9 Å². The average Bonchev–Trinajstić information content (AvgIpc) is 2.97. The molecule has 2 heterocycles. The zero-order chi connectivity index (χ0) is 14.4. The van der Waals surface area contributed by atoms with Gasteiger partial charge in [-0.15, -0.1) is 0 Å². The lowest BCUT2D eigenvalue weighted by Gasteiger charge is -2.18. The van der Waals surface area contributed by atoms with E-state index in [1.54, 1.807) is 0 Å². The maximum absolute atomic E-state index is 6.11. The van der Waals surface area contributed by atoms with Crippen LogP contribution in [-0.2, 0) is 19.3 Å². The molecule has 0 fully saturated rings. The number of likely N-dealkylation sites (N-methyl/N-ethyl adjacent to an activating group) is 1. The van der Waals surface area contributed by atoms with Crippen LogP contribution in [0.25, 0.3) is 0 Å². The standard InChI is InChI=1S/C16H22BrNO2/c1-8(18-4)5-11-12-6-9(2)20-16(12)14(17)13-7-10(3)19-15(11)13/h8-10,18H,5-7H2,1-4H3. The first-order valence-corrected chi connectivity index (χ1v) is 8.17. The number of nitrogens with one attached hydrogen (secondary N) is 1. The van der Waals surface area contributed by atoms with Crippen molar-refractivity contribution in [3.8, 4) is 11.5 Å². The fourth-order valence-corrected chi connectivity index (χ4v) is 3.85. The summed E-state index contributed by atoms with van der Waals surface area (Å²) < 4.78 is 13.3. The van der Waals surface area contributed by atoms with Gasteiger partial charge in [0.05, 0.1) is 4.47 Å². The monoisotopic (exact) mass is 339 g/mol. The molecule has 3 unspecified atom stereocenters. The molecule has 0 saturated carbocycles. The topological polar surface area (TPSA) is 30.5 Å². The molecular formula is C16H22BrNO2. The lowest BCUT2D eigenvalue weighted by Crippen LogP contribution is -2.24. The molecule has 2 aliphatic rings. The number of ether oxygens (including phenoxy) is 2. The summed E-state index contributed by atoms with van der Waals surface area (Å²) in [6, 6.07) is 0.430. The summed E-state index contributed by atoms with van der Waals surface area (Å²) in [5, 5.41) is 3.32. The van der Waals surface area contributed by atoms with E-state index in [0.29, 0.717) is 6.04 Å². The molecule has 2 aliphatic heterocycles. The fraction of sp³-hybridized carbons (Fsp3) is 0.625. The van der Waals surface area contributed by atoms with Crippen LogP contribution in [0, 0.1) is 0 Å². The summed E-state index contributed by atoms with van der Waals surface area (Å²) in [6.45, 7) is 6.47. The minimum absolute atomic E-state index is 0.255. The zero-order valence-electron chi connectivity index (χ0n) is 12.5. The van der Waals surface area contributed by atoms with Gasteiger partial charge in [-0.2, -0.15) is 0 Å². The van der Waals surface area contributed by atoms with Gasteiger partial charge in [-0.05, 0) is 50.2 Å². The highest BCUT2D eigenvalue weighted by molar-refractivity contribution is 9.10.